The van der Waals surface area contributed by atoms with E-state index in [2.05, 4.69) is 10.3 Å². The average Bonchev–Trinajstić information content (AvgIpc) is 2.71. The molecule has 2 aromatic heterocycles. The number of hydrogen-bond acceptors (Lipinski definition) is 5. The summed E-state index contributed by atoms with van der Waals surface area (Å²) in [5.41, 5.74) is 5.86. The van der Waals surface area contributed by atoms with Gasteiger partial charge in [0.25, 0.3) is 5.56 Å². The summed E-state index contributed by atoms with van der Waals surface area (Å²) in [6, 6.07) is 1.73. The summed E-state index contributed by atoms with van der Waals surface area (Å²) in [5.74, 6) is 1.68. The number of H-pyrrole nitrogens is 1. The Labute approximate surface area is 115 Å². The van der Waals surface area contributed by atoms with Crippen LogP contribution in [0.5, 0.6) is 0 Å². The minimum Gasteiger partial charge on any atom is -0.466 e. The highest BCUT2D eigenvalue weighted by atomic mass is 16.3. The summed E-state index contributed by atoms with van der Waals surface area (Å²) in [5, 5.41) is 3.03. The van der Waals surface area contributed by atoms with Gasteiger partial charge < -0.3 is 15.5 Å². The van der Waals surface area contributed by atoms with Crippen LogP contribution in [-0.4, -0.2) is 9.55 Å². The zero-order valence-electron chi connectivity index (χ0n) is 11.9. The van der Waals surface area contributed by atoms with Crippen molar-refractivity contribution in [2.24, 2.45) is 7.05 Å². The maximum atomic E-state index is 11.8. The van der Waals surface area contributed by atoms with Crippen LogP contribution >= 0.6 is 0 Å². The van der Waals surface area contributed by atoms with Crippen LogP contribution in [-0.2, 0) is 7.05 Å². The van der Waals surface area contributed by atoms with Gasteiger partial charge in [-0.05, 0) is 26.8 Å². The van der Waals surface area contributed by atoms with E-state index in [1.807, 2.05) is 26.8 Å². The molecule has 108 valence electrons. The van der Waals surface area contributed by atoms with Crippen molar-refractivity contribution in [1.82, 2.24) is 9.55 Å². The summed E-state index contributed by atoms with van der Waals surface area (Å²) in [7, 11) is 1.50. The molecule has 7 nitrogen and oxygen atoms in total. The second kappa shape index (κ2) is 4.92. The SMILES string of the molecule is Cc1cc(C(C)Nc2c(N)n(C)c(=O)[nH]c2=O)c(C)o1. The third kappa shape index (κ3) is 2.34. The zero-order valence-corrected chi connectivity index (χ0v) is 11.9. The molecule has 0 saturated carbocycles. The van der Waals surface area contributed by atoms with E-state index in [1.165, 1.54) is 11.6 Å². The molecule has 4 N–H and O–H groups in total. The van der Waals surface area contributed by atoms with Crippen molar-refractivity contribution in [3.05, 3.63) is 44.0 Å². The summed E-state index contributed by atoms with van der Waals surface area (Å²) >= 11 is 0. The highest BCUT2D eigenvalue weighted by Crippen LogP contribution is 2.25. The highest BCUT2D eigenvalue weighted by molar-refractivity contribution is 5.61. The third-order valence-electron chi connectivity index (χ3n) is 3.28. The molecule has 2 rings (SSSR count). The molecule has 0 aliphatic carbocycles. The molecule has 0 aliphatic heterocycles. The number of furan rings is 1. The van der Waals surface area contributed by atoms with Gasteiger partial charge in [0.2, 0.25) is 0 Å². The van der Waals surface area contributed by atoms with Gasteiger partial charge in [-0.3, -0.25) is 14.3 Å². The van der Waals surface area contributed by atoms with E-state index in [9.17, 15) is 9.59 Å². The number of anilines is 2. The minimum absolute atomic E-state index is 0.100. The van der Waals surface area contributed by atoms with Gasteiger partial charge in [0.1, 0.15) is 23.0 Å². The van der Waals surface area contributed by atoms with Crippen LogP contribution in [0.2, 0.25) is 0 Å². The molecule has 0 aliphatic rings. The van der Waals surface area contributed by atoms with E-state index in [0.717, 1.165) is 17.1 Å². The van der Waals surface area contributed by atoms with Crippen LogP contribution in [0, 0.1) is 13.8 Å². The standard InChI is InChI=1S/C13H18N4O3/c1-6-5-9(8(3)20-6)7(2)15-10-11(14)17(4)13(19)16-12(10)18/h5,7,15H,14H2,1-4H3,(H,16,18,19). The first-order valence-corrected chi connectivity index (χ1v) is 6.23. The highest BCUT2D eigenvalue weighted by Gasteiger charge is 2.17. The summed E-state index contributed by atoms with van der Waals surface area (Å²) in [6.45, 7) is 5.60. The Morgan fingerprint density at radius 1 is 1.40 bits per heavy atom. The summed E-state index contributed by atoms with van der Waals surface area (Å²) in [6.07, 6.45) is 0. The maximum Gasteiger partial charge on any atom is 0.329 e. The normalized spacial score (nSPS) is 12.4. The Morgan fingerprint density at radius 2 is 2.05 bits per heavy atom. The predicted molar refractivity (Wildman–Crippen MR) is 76.9 cm³/mol. The van der Waals surface area contributed by atoms with Gasteiger partial charge in [0.05, 0.1) is 6.04 Å². The molecule has 0 fully saturated rings. The van der Waals surface area contributed by atoms with E-state index in [4.69, 9.17) is 10.2 Å². The lowest BCUT2D eigenvalue weighted by Gasteiger charge is -2.16. The number of hydrogen-bond donors (Lipinski definition) is 3. The average molecular weight is 278 g/mol. The smallest absolute Gasteiger partial charge is 0.329 e. The van der Waals surface area contributed by atoms with Crippen molar-refractivity contribution in [3.8, 4) is 0 Å². The monoisotopic (exact) mass is 278 g/mol. The Kier molecular flexibility index (Phi) is 3.44. The van der Waals surface area contributed by atoms with Gasteiger partial charge in [-0.1, -0.05) is 0 Å². The maximum absolute atomic E-state index is 11.8. The fourth-order valence-corrected chi connectivity index (χ4v) is 2.15. The number of nitrogens with two attached hydrogens (primary N) is 1. The first-order valence-electron chi connectivity index (χ1n) is 6.23. The molecule has 1 unspecified atom stereocenters. The van der Waals surface area contributed by atoms with Crippen LogP contribution in [0.4, 0.5) is 11.5 Å². The number of nitrogens with one attached hydrogen (secondary N) is 2. The van der Waals surface area contributed by atoms with Gasteiger partial charge in [0, 0.05) is 12.6 Å². The fraction of sp³-hybridized carbons (Fsp3) is 0.385. The van der Waals surface area contributed by atoms with Crippen molar-refractivity contribution in [3.63, 3.8) is 0 Å². The molecule has 0 bridgehead atoms. The molecule has 0 spiro atoms. The van der Waals surface area contributed by atoms with Gasteiger partial charge in [0.15, 0.2) is 0 Å². The Bertz CT molecular complexity index is 754. The lowest BCUT2D eigenvalue weighted by molar-refractivity contribution is 0.500. The molecule has 2 aromatic rings. The second-order valence-corrected chi connectivity index (χ2v) is 4.81. The van der Waals surface area contributed by atoms with Crippen molar-refractivity contribution >= 4 is 11.5 Å². The number of nitrogen functional groups attached to an aromatic ring is 1. The van der Waals surface area contributed by atoms with Crippen molar-refractivity contribution in [2.45, 2.75) is 26.8 Å². The third-order valence-corrected chi connectivity index (χ3v) is 3.28. The lowest BCUT2D eigenvalue weighted by Crippen LogP contribution is -2.33. The van der Waals surface area contributed by atoms with E-state index >= 15 is 0 Å². The minimum atomic E-state index is -0.541. The first-order chi connectivity index (χ1) is 9.31. The molecule has 0 amide bonds. The molecular formula is C13H18N4O3. The Balaban J connectivity index is 2.40. The topological polar surface area (TPSA) is 106 Å². The van der Waals surface area contributed by atoms with Gasteiger partial charge in [-0.2, -0.15) is 0 Å². The van der Waals surface area contributed by atoms with Gasteiger partial charge in [-0.25, -0.2) is 4.79 Å². The Hall–Kier alpha value is -2.44. The van der Waals surface area contributed by atoms with Gasteiger partial charge in [-0.15, -0.1) is 0 Å². The quantitative estimate of drug-likeness (QED) is 0.777. The second-order valence-electron chi connectivity index (χ2n) is 4.81. The largest absolute Gasteiger partial charge is 0.466 e. The molecule has 0 radical (unpaired) electrons. The number of aromatic amines is 1. The van der Waals surface area contributed by atoms with Crippen molar-refractivity contribution in [2.75, 3.05) is 11.1 Å². The van der Waals surface area contributed by atoms with Crippen LogP contribution in [0.15, 0.2) is 20.1 Å². The van der Waals surface area contributed by atoms with E-state index in [-0.39, 0.29) is 17.5 Å². The fourth-order valence-electron chi connectivity index (χ4n) is 2.15. The van der Waals surface area contributed by atoms with E-state index < -0.39 is 11.2 Å². The van der Waals surface area contributed by atoms with Crippen molar-refractivity contribution in [1.29, 1.82) is 0 Å². The van der Waals surface area contributed by atoms with Crippen LogP contribution in [0.25, 0.3) is 0 Å². The molecule has 20 heavy (non-hydrogen) atoms. The number of aryl methyl sites for hydroxylation is 2. The van der Waals surface area contributed by atoms with E-state index in [1.54, 1.807) is 0 Å². The molecular weight excluding hydrogens is 260 g/mol. The lowest BCUT2D eigenvalue weighted by atomic mass is 10.1. The molecule has 0 saturated heterocycles. The van der Waals surface area contributed by atoms with Gasteiger partial charge >= 0.3 is 5.69 Å². The molecule has 7 heteroatoms. The van der Waals surface area contributed by atoms with Crippen LogP contribution < -0.4 is 22.3 Å². The zero-order chi connectivity index (χ0) is 15.0. The summed E-state index contributed by atoms with van der Waals surface area (Å²) in [4.78, 5) is 25.5. The van der Waals surface area contributed by atoms with Crippen LogP contribution in [0.1, 0.15) is 30.0 Å². The Morgan fingerprint density at radius 3 is 2.60 bits per heavy atom. The van der Waals surface area contributed by atoms with E-state index in [0.29, 0.717) is 0 Å². The number of aromatic nitrogens is 2. The molecule has 1 atom stereocenters. The first kappa shape index (κ1) is 14.0. The number of rotatable bonds is 3. The van der Waals surface area contributed by atoms with Crippen LogP contribution in [0.3, 0.4) is 0 Å². The number of nitrogens with zero attached hydrogens (tertiary/aromatic N) is 1. The molecule has 0 aromatic carbocycles. The predicted octanol–water partition coefficient (Wildman–Crippen LogP) is 1.04. The summed E-state index contributed by atoms with van der Waals surface area (Å²) < 4.78 is 6.65. The van der Waals surface area contributed by atoms with Crippen molar-refractivity contribution < 1.29 is 4.42 Å². The molecule has 2 heterocycles.